The zero-order valence-electron chi connectivity index (χ0n) is 12.6. The number of urea groups is 1. The molecule has 0 aliphatic rings. The summed E-state index contributed by atoms with van der Waals surface area (Å²) in [7, 11) is 0. The summed E-state index contributed by atoms with van der Waals surface area (Å²) in [6, 6.07) is 7.79. The topological polar surface area (TPSA) is 91.2 Å². The number of hydrogen-bond donors (Lipinski definition) is 2. The van der Waals surface area contributed by atoms with Crippen molar-refractivity contribution in [3.05, 3.63) is 29.8 Å². The molecule has 3 amide bonds. The number of carbonyl (C=O) groups is 2. The van der Waals surface area contributed by atoms with Crippen LogP contribution in [-0.2, 0) is 4.79 Å². The first-order chi connectivity index (χ1) is 9.71. The number of nitrogens with one attached hydrogen (secondary N) is 2. The second-order valence-corrected chi connectivity index (χ2v) is 5.59. The normalized spacial score (nSPS) is 12.0. The maximum absolute atomic E-state index is 11.8. The Morgan fingerprint density at radius 2 is 1.81 bits per heavy atom. The van der Waals surface area contributed by atoms with E-state index in [-0.39, 0.29) is 0 Å². The van der Waals surface area contributed by atoms with Crippen molar-refractivity contribution >= 4 is 11.9 Å². The zero-order chi connectivity index (χ0) is 16.0. The lowest BCUT2D eigenvalue weighted by atomic mass is 10.1. The standard InChI is InChI=1S/C15H19N3O3/c1-10(13(19)17-14(20)18-15(2,3)4)21-12-7-5-11(9-16)6-8-12/h5-8,10H,1-4H3,(H2,17,18,19,20)/t10-/m0/s1. The summed E-state index contributed by atoms with van der Waals surface area (Å²) in [5, 5.41) is 13.5. The molecule has 6 nitrogen and oxygen atoms in total. The molecule has 0 bridgehead atoms. The van der Waals surface area contributed by atoms with Crippen molar-refractivity contribution in [3.8, 4) is 11.8 Å². The van der Waals surface area contributed by atoms with Crippen LogP contribution in [0.5, 0.6) is 5.75 Å². The van der Waals surface area contributed by atoms with E-state index in [1.54, 1.807) is 24.3 Å². The fourth-order valence-electron chi connectivity index (χ4n) is 1.45. The predicted octanol–water partition coefficient (Wildman–Crippen LogP) is 1.95. The molecule has 112 valence electrons. The molecule has 6 heteroatoms. The van der Waals surface area contributed by atoms with Crippen LogP contribution < -0.4 is 15.4 Å². The molecule has 0 aliphatic heterocycles. The molecule has 0 fully saturated rings. The molecule has 0 unspecified atom stereocenters. The van der Waals surface area contributed by atoms with Crippen molar-refractivity contribution in [1.29, 1.82) is 5.26 Å². The minimum atomic E-state index is -0.830. The fraction of sp³-hybridized carbons (Fsp3) is 0.400. The van der Waals surface area contributed by atoms with Crippen molar-refractivity contribution in [2.24, 2.45) is 0 Å². The first-order valence-corrected chi connectivity index (χ1v) is 6.51. The van der Waals surface area contributed by atoms with E-state index in [4.69, 9.17) is 10.00 Å². The number of nitrogens with zero attached hydrogens (tertiary/aromatic N) is 1. The van der Waals surface area contributed by atoms with Crippen LogP contribution in [0.1, 0.15) is 33.3 Å². The van der Waals surface area contributed by atoms with Gasteiger partial charge in [-0.05, 0) is 52.0 Å². The van der Waals surface area contributed by atoms with Crippen molar-refractivity contribution in [3.63, 3.8) is 0 Å². The molecule has 0 heterocycles. The third kappa shape index (κ3) is 5.95. The number of hydrogen-bond acceptors (Lipinski definition) is 4. The Hall–Kier alpha value is -2.55. The minimum absolute atomic E-state index is 0.429. The predicted molar refractivity (Wildman–Crippen MR) is 77.7 cm³/mol. The summed E-state index contributed by atoms with van der Waals surface area (Å²) in [6.07, 6.45) is -0.830. The van der Waals surface area contributed by atoms with Gasteiger partial charge in [0, 0.05) is 5.54 Å². The summed E-state index contributed by atoms with van der Waals surface area (Å²) >= 11 is 0. The van der Waals surface area contributed by atoms with Gasteiger partial charge in [-0.1, -0.05) is 0 Å². The third-order valence-electron chi connectivity index (χ3n) is 2.39. The van der Waals surface area contributed by atoms with E-state index in [0.717, 1.165) is 0 Å². The van der Waals surface area contributed by atoms with Crippen molar-refractivity contribution < 1.29 is 14.3 Å². The van der Waals surface area contributed by atoms with Crippen LogP contribution in [0.15, 0.2) is 24.3 Å². The summed E-state index contributed by atoms with van der Waals surface area (Å²) in [5.41, 5.74) is 0.0747. The van der Waals surface area contributed by atoms with Gasteiger partial charge in [-0.25, -0.2) is 4.79 Å². The zero-order valence-corrected chi connectivity index (χ0v) is 12.6. The second-order valence-electron chi connectivity index (χ2n) is 5.59. The van der Waals surface area contributed by atoms with Crippen LogP contribution in [-0.4, -0.2) is 23.6 Å². The van der Waals surface area contributed by atoms with E-state index in [0.29, 0.717) is 11.3 Å². The Morgan fingerprint density at radius 3 is 2.29 bits per heavy atom. The number of benzene rings is 1. The maximum Gasteiger partial charge on any atom is 0.321 e. The lowest BCUT2D eigenvalue weighted by molar-refractivity contribution is -0.126. The molecule has 0 saturated heterocycles. The quantitative estimate of drug-likeness (QED) is 0.889. The molecule has 0 spiro atoms. The number of ether oxygens (including phenoxy) is 1. The van der Waals surface area contributed by atoms with E-state index in [1.165, 1.54) is 6.92 Å². The number of rotatable bonds is 3. The average molecular weight is 289 g/mol. The molecular weight excluding hydrogens is 270 g/mol. The van der Waals surface area contributed by atoms with E-state index in [1.807, 2.05) is 26.8 Å². The third-order valence-corrected chi connectivity index (χ3v) is 2.39. The van der Waals surface area contributed by atoms with Crippen molar-refractivity contribution in [1.82, 2.24) is 10.6 Å². The van der Waals surface area contributed by atoms with Gasteiger partial charge < -0.3 is 10.1 Å². The van der Waals surface area contributed by atoms with Gasteiger partial charge in [-0.3, -0.25) is 10.1 Å². The Balaban J connectivity index is 2.54. The van der Waals surface area contributed by atoms with E-state index >= 15 is 0 Å². The Bertz CT molecular complexity index is 553. The van der Waals surface area contributed by atoms with Crippen LogP contribution in [0.3, 0.4) is 0 Å². The molecular formula is C15H19N3O3. The highest BCUT2D eigenvalue weighted by Crippen LogP contribution is 2.13. The molecule has 21 heavy (non-hydrogen) atoms. The number of amides is 3. The summed E-state index contributed by atoms with van der Waals surface area (Å²) in [5.74, 6) is -0.0889. The summed E-state index contributed by atoms with van der Waals surface area (Å²) in [4.78, 5) is 23.4. The first-order valence-electron chi connectivity index (χ1n) is 6.51. The fourth-order valence-corrected chi connectivity index (χ4v) is 1.45. The molecule has 1 aromatic rings. The first kappa shape index (κ1) is 16.5. The number of nitriles is 1. The van der Waals surface area contributed by atoms with Crippen LogP contribution in [0.4, 0.5) is 4.79 Å². The van der Waals surface area contributed by atoms with Gasteiger partial charge in [-0.15, -0.1) is 0 Å². The van der Waals surface area contributed by atoms with Crippen molar-refractivity contribution in [2.45, 2.75) is 39.3 Å². The van der Waals surface area contributed by atoms with Crippen LogP contribution in [0.25, 0.3) is 0 Å². The van der Waals surface area contributed by atoms with Gasteiger partial charge in [0.05, 0.1) is 11.6 Å². The van der Waals surface area contributed by atoms with Gasteiger partial charge in [0.25, 0.3) is 5.91 Å². The molecule has 1 aromatic carbocycles. The lowest BCUT2D eigenvalue weighted by Crippen LogP contribution is -2.50. The van der Waals surface area contributed by atoms with Crippen LogP contribution >= 0.6 is 0 Å². The lowest BCUT2D eigenvalue weighted by Gasteiger charge is -2.21. The average Bonchev–Trinajstić information content (AvgIpc) is 2.37. The Labute approximate surface area is 124 Å². The van der Waals surface area contributed by atoms with E-state index < -0.39 is 23.6 Å². The molecule has 1 atom stereocenters. The highest BCUT2D eigenvalue weighted by atomic mass is 16.5. The number of carbonyl (C=O) groups excluding carboxylic acids is 2. The number of imide groups is 1. The molecule has 0 aliphatic carbocycles. The highest BCUT2D eigenvalue weighted by molar-refractivity contribution is 5.96. The molecule has 1 rings (SSSR count). The van der Waals surface area contributed by atoms with E-state index in [2.05, 4.69) is 10.6 Å². The maximum atomic E-state index is 11.8. The molecule has 0 aromatic heterocycles. The molecule has 0 saturated carbocycles. The Kier molecular flexibility index (Phi) is 5.30. The van der Waals surface area contributed by atoms with E-state index in [9.17, 15) is 9.59 Å². The van der Waals surface area contributed by atoms with Gasteiger partial charge in [0.1, 0.15) is 5.75 Å². The SMILES string of the molecule is C[C@H](Oc1ccc(C#N)cc1)C(=O)NC(=O)NC(C)(C)C. The monoisotopic (exact) mass is 289 g/mol. The smallest absolute Gasteiger partial charge is 0.321 e. The summed E-state index contributed by atoms with van der Waals surface area (Å²) in [6.45, 7) is 6.98. The van der Waals surface area contributed by atoms with Gasteiger partial charge in [0.2, 0.25) is 0 Å². The highest BCUT2D eigenvalue weighted by Gasteiger charge is 2.20. The second kappa shape index (κ2) is 6.75. The van der Waals surface area contributed by atoms with Crippen LogP contribution in [0, 0.1) is 11.3 Å². The van der Waals surface area contributed by atoms with Gasteiger partial charge >= 0.3 is 6.03 Å². The van der Waals surface area contributed by atoms with Gasteiger partial charge in [-0.2, -0.15) is 5.26 Å². The van der Waals surface area contributed by atoms with Crippen molar-refractivity contribution in [2.75, 3.05) is 0 Å². The molecule has 2 N–H and O–H groups in total. The molecule has 0 radical (unpaired) electrons. The Morgan fingerprint density at radius 1 is 1.24 bits per heavy atom. The van der Waals surface area contributed by atoms with Crippen LogP contribution in [0.2, 0.25) is 0 Å². The summed E-state index contributed by atoms with van der Waals surface area (Å²) < 4.78 is 5.41. The largest absolute Gasteiger partial charge is 0.481 e. The minimum Gasteiger partial charge on any atom is -0.481 e. The van der Waals surface area contributed by atoms with Gasteiger partial charge in [0.15, 0.2) is 6.10 Å².